The fourth-order valence-corrected chi connectivity index (χ4v) is 1.88. The lowest BCUT2D eigenvalue weighted by Gasteiger charge is -2.34. The Morgan fingerprint density at radius 1 is 1.80 bits per heavy atom. The SMILES string of the molecule is CC1Cn2nc(CO)cc2CN1C(=N)N. The molecule has 2 rings (SSSR count). The molecule has 0 saturated carbocycles. The van der Waals surface area contributed by atoms with Crippen molar-refractivity contribution < 1.29 is 5.11 Å². The van der Waals surface area contributed by atoms with Crippen LogP contribution in [-0.4, -0.2) is 31.8 Å². The molecule has 0 saturated heterocycles. The Balaban J connectivity index is 2.28. The van der Waals surface area contributed by atoms with E-state index in [4.69, 9.17) is 16.2 Å². The smallest absolute Gasteiger partial charge is 0.189 e. The Kier molecular flexibility index (Phi) is 2.36. The van der Waals surface area contributed by atoms with Crippen LogP contribution in [-0.2, 0) is 19.7 Å². The van der Waals surface area contributed by atoms with Gasteiger partial charge < -0.3 is 15.7 Å². The average Bonchev–Trinajstić information content (AvgIpc) is 2.58. The highest BCUT2D eigenvalue weighted by molar-refractivity contribution is 5.75. The van der Waals surface area contributed by atoms with Gasteiger partial charge in [0.15, 0.2) is 5.96 Å². The van der Waals surface area contributed by atoms with Crippen molar-refractivity contribution in [2.24, 2.45) is 5.73 Å². The average molecular weight is 209 g/mol. The molecule has 0 spiro atoms. The van der Waals surface area contributed by atoms with Crippen LogP contribution in [0.3, 0.4) is 0 Å². The van der Waals surface area contributed by atoms with Crippen LogP contribution in [0, 0.1) is 5.41 Å². The highest BCUT2D eigenvalue weighted by Crippen LogP contribution is 2.17. The Morgan fingerprint density at radius 2 is 2.53 bits per heavy atom. The zero-order valence-corrected chi connectivity index (χ0v) is 8.64. The minimum absolute atomic E-state index is 0.0472. The molecule has 1 aliphatic rings. The summed E-state index contributed by atoms with van der Waals surface area (Å²) in [7, 11) is 0. The third-order valence-electron chi connectivity index (χ3n) is 2.69. The van der Waals surface area contributed by atoms with Crippen molar-refractivity contribution in [3.8, 4) is 0 Å². The van der Waals surface area contributed by atoms with Crippen molar-refractivity contribution >= 4 is 5.96 Å². The number of nitrogens with two attached hydrogens (primary N) is 1. The van der Waals surface area contributed by atoms with Crippen LogP contribution in [0.25, 0.3) is 0 Å². The van der Waals surface area contributed by atoms with Crippen molar-refractivity contribution in [2.75, 3.05) is 0 Å². The topological polar surface area (TPSA) is 91.2 Å². The van der Waals surface area contributed by atoms with Crippen molar-refractivity contribution in [3.05, 3.63) is 17.5 Å². The fraction of sp³-hybridized carbons (Fsp3) is 0.556. The summed E-state index contributed by atoms with van der Waals surface area (Å²) >= 11 is 0. The first kappa shape index (κ1) is 9.97. The summed E-state index contributed by atoms with van der Waals surface area (Å²) in [5.41, 5.74) is 7.15. The molecule has 1 unspecified atom stereocenters. The largest absolute Gasteiger partial charge is 0.390 e. The van der Waals surface area contributed by atoms with E-state index >= 15 is 0 Å². The maximum absolute atomic E-state index is 8.97. The van der Waals surface area contributed by atoms with E-state index in [0.717, 1.165) is 5.69 Å². The van der Waals surface area contributed by atoms with E-state index in [1.54, 1.807) is 0 Å². The molecule has 0 radical (unpaired) electrons. The molecule has 15 heavy (non-hydrogen) atoms. The summed E-state index contributed by atoms with van der Waals surface area (Å²) in [6, 6.07) is 2.02. The van der Waals surface area contributed by atoms with Crippen LogP contribution in [0.15, 0.2) is 6.07 Å². The molecular formula is C9H15N5O. The van der Waals surface area contributed by atoms with E-state index < -0.39 is 0 Å². The molecule has 2 heterocycles. The predicted octanol–water partition coefficient (Wildman–Crippen LogP) is -0.527. The summed E-state index contributed by atoms with van der Waals surface area (Å²) in [5.74, 6) is 0.0838. The van der Waals surface area contributed by atoms with Crippen LogP contribution < -0.4 is 5.73 Å². The minimum atomic E-state index is -0.0472. The Hall–Kier alpha value is -1.56. The lowest BCUT2D eigenvalue weighted by atomic mass is 10.2. The number of aliphatic hydroxyl groups is 1. The van der Waals surface area contributed by atoms with Crippen LogP contribution in [0.5, 0.6) is 0 Å². The maximum atomic E-state index is 8.97. The first-order valence-electron chi connectivity index (χ1n) is 4.89. The number of hydrogen-bond acceptors (Lipinski definition) is 3. The van der Waals surface area contributed by atoms with E-state index in [2.05, 4.69) is 5.10 Å². The van der Waals surface area contributed by atoms with Gasteiger partial charge in [0, 0.05) is 6.04 Å². The molecule has 1 aliphatic heterocycles. The van der Waals surface area contributed by atoms with Crippen LogP contribution in [0.1, 0.15) is 18.3 Å². The van der Waals surface area contributed by atoms with Gasteiger partial charge in [0.25, 0.3) is 0 Å². The second kappa shape index (κ2) is 3.54. The third-order valence-corrected chi connectivity index (χ3v) is 2.69. The number of aromatic nitrogens is 2. The second-order valence-corrected chi connectivity index (χ2v) is 3.83. The number of guanidine groups is 1. The molecule has 1 aromatic rings. The Labute approximate surface area is 87.8 Å². The molecular weight excluding hydrogens is 194 g/mol. The van der Waals surface area contributed by atoms with Gasteiger partial charge in [0.2, 0.25) is 0 Å². The molecule has 6 heteroatoms. The van der Waals surface area contributed by atoms with Crippen molar-refractivity contribution in [1.29, 1.82) is 5.41 Å². The highest BCUT2D eigenvalue weighted by Gasteiger charge is 2.24. The quantitative estimate of drug-likeness (QED) is 0.428. The molecule has 0 aromatic carbocycles. The molecule has 0 amide bonds. The standard InChI is InChI=1S/C9H15N5O/c1-6-3-14-8(2-7(5-15)12-14)4-13(6)9(10)11/h2,6,15H,3-5H2,1H3,(H3,10,11). The molecule has 4 N–H and O–H groups in total. The van der Waals surface area contributed by atoms with Crippen LogP contribution in [0.4, 0.5) is 0 Å². The summed E-state index contributed by atoms with van der Waals surface area (Å²) in [5, 5.41) is 20.7. The van der Waals surface area contributed by atoms with E-state index in [0.29, 0.717) is 18.8 Å². The van der Waals surface area contributed by atoms with Gasteiger partial charge in [-0.15, -0.1) is 0 Å². The van der Waals surface area contributed by atoms with E-state index in [9.17, 15) is 0 Å². The van der Waals surface area contributed by atoms with Gasteiger partial charge >= 0.3 is 0 Å². The highest BCUT2D eigenvalue weighted by atomic mass is 16.3. The summed E-state index contributed by atoms with van der Waals surface area (Å²) in [4.78, 5) is 1.82. The number of nitrogens with zero attached hydrogens (tertiary/aromatic N) is 3. The van der Waals surface area contributed by atoms with Gasteiger partial charge in [0.05, 0.1) is 31.1 Å². The number of rotatable bonds is 1. The molecule has 82 valence electrons. The molecule has 0 bridgehead atoms. The first-order chi connectivity index (χ1) is 7.11. The van der Waals surface area contributed by atoms with E-state index in [1.807, 2.05) is 22.6 Å². The third kappa shape index (κ3) is 1.68. The zero-order chi connectivity index (χ0) is 11.0. The van der Waals surface area contributed by atoms with Gasteiger partial charge in [-0.2, -0.15) is 5.10 Å². The van der Waals surface area contributed by atoms with Gasteiger partial charge in [-0.1, -0.05) is 0 Å². The molecule has 1 atom stereocenters. The predicted molar refractivity (Wildman–Crippen MR) is 55.1 cm³/mol. The van der Waals surface area contributed by atoms with Crippen molar-refractivity contribution in [3.63, 3.8) is 0 Å². The maximum Gasteiger partial charge on any atom is 0.189 e. The Morgan fingerprint density at radius 3 is 3.13 bits per heavy atom. The lowest BCUT2D eigenvalue weighted by Crippen LogP contribution is -2.47. The van der Waals surface area contributed by atoms with E-state index in [1.165, 1.54) is 0 Å². The normalized spacial score (nSPS) is 20.1. The van der Waals surface area contributed by atoms with Gasteiger partial charge in [0.1, 0.15) is 0 Å². The molecule has 0 fully saturated rings. The molecule has 6 nitrogen and oxygen atoms in total. The first-order valence-corrected chi connectivity index (χ1v) is 4.89. The van der Waals surface area contributed by atoms with Gasteiger partial charge in [-0.25, -0.2) is 0 Å². The summed E-state index contributed by atoms with van der Waals surface area (Å²) < 4.78 is 1.87. The van der Waals surface area contributed by atoms with Gasteiger partial charge in [-0.05, 0) is 13.0 Å². The zero-order valence-electron chi connectivity index (χ0n) is 8.64. The number of aliphatic hydroxyl groups excluding tert-OH is 1. The fourth-order valence-electron chi connectivity index (χ4n) is 1.88. The molecule has 1 aromatic heterocycles. The van der Waals surface area contributed by atoms with Gasteiger partial charge in [-0.3, -0.25) is 10.1 Å². The van der Waals surface area contributed by atoms with Crippen molar-refractivity contribution in [2.45, 2.75) is 32.7 Å². The molecule has 0 aliphatic carbocycles. The second-order valence-electron chi connectivity index (χ2n) is 3.83. The minimum Gasteiger partial charge on any atom is -0.390 e. The number of nitrogens with one attached hydrogen (secondary N) is 1. The van der Waals surface area contributed by atoms with E-state index in [-0.39, 0.29) is 18.6 Å². The summed E-state index contributed by atoms with van der Waals surface area (Å²) in [6.45, 7) is 3.25. The van der Waals surface area contributed by atoms with Crippen molar-refractivity contribution in [1.82, 2.24) is 14.7 Å². The van der Waals surface area contributed by atoms with Crippen LogP contribution >= 0.6 is 0 Å². The number of hydrogen-bond donors (Lipinski definition) is 3. The monoisotopic (exact) mass is 209 g/mol. The van der Waals surface area contributed by atoms with Crippen LogP contribution in [0.2, 0.25) is 0 Å². The Bertz CT molecular complexity index is 386. The lowest BCUT2D eigenvalue weighted by molar-refractivity contribution is 0.232. The summed E-state index contributed by atoms with van der Waals surface area (Å²) in [6.07, 6.45) is 0. The number of fused-ring (bicyclic) bond motifs is 1.